The topological polar surface area (TPSA) is 58.6 Å². The van der Waals surface area contributed by atoms with Crippen LogP contribution in [0.5, 0.6) is 0 Å². The summed E-state index contributed by atoms with van der Waals surface area (Å²) < 4.78 is 5.16. The summed E-state index contributed by atoms with van der Waals surface area (Å²) in [5.74, 6) is 2.32. The van der Waals surface area contributed by atoms with E-state index in [1.165, 1.54) is 0 Å². The predicted octanol–water partition coefficient (Wildman–Crippen LogP) is 1.92. The molecule has 0 aromatic heterocycles. The zero-order valence-electron chi connectivity index (χ0n) is 12.6. The largest absolute Gasteiger partial charge is 0.444 e. The van der Waals surface area contributed by atoms with E-state index in [1.54, 1.807) is 25.7 Å². The average Bonchev–Trinajstić information content (AvgIpc) is 2.36. The fraction of sp³-hybridized carbons (Fsp3) is 0.733. The van der Waals surface area contributed by atoms with Crippen LogP contribution in [0.3, 0.4) is 0 Å². The summed E-state index contributed by atoms with van der Waals surface area (Å²) in [6.07, 6.45) is 8.00. The van der Waals surface area contributed by atoms with Crippen molar-refractivity contribution < 1.29 is 14.3 Å². The Morgan fingerprint density at radius 1 is 1.30 bits per heavy atom. The maximum absolute atomic E-state index is 12.3. The SMILES string of the molecule is C#CC[C@H](NC(=O)OC(C)(C)C)C(=O)N1CCCCC1. The number of likely N-dealkylation sites (tertiary alicyclic amines) is 1. The van der Waals surface area contributed by atoms with E-state index in [2.05, 4.69) is 11.2 Å². The Morgan fingerprint density at radius 2 is 1.90 bits per heavy atom. The van der Waals surface area contributed by atoms with Gasteiger partial charge in [-0.05, 0) is 40.0 Å². The second-order valence-corrected chi connectivity index (χ2v) is 5.99. The Labute approximate surface area is 121 Å². The Hall–Kier alpha value is -1.70. The van der Waals surface area contributed by atoms with E-state index in [0.29, 0.717) is 0 Å². The average molecular weight is 280 g/mol. The molecule has 5 heteroatoms. The lowest BCUT2D eigenvalue weighted by Crippen LogP contribution is -2.50. The van der Waals surface area contributed by atoms with Crippen LogP contribution >= 0.6 is 0 Å². The van der Waals surface area contributed by atoms with Gasteiger partial charge in [0.05, 0.1) is 0 Å². The molecule has 0 radical (unpaired) electrons. The van der Waals surface area contributed by atoms with Gasteiger partial charge in [0.25, 0.3) is 0 Å². The van der Waals surface area contributed by atoms with E-state index >= 15 is 0 Å². The molecule has 0 saturated carbocycles. The molecule has 0 spiro atoms. The normalized spacial score (nSPS) is 17.0. The first kappa shape index (κ1) is 16.4. The summed E-state index contributed by atoms with van der Waals surface area (Å²) in [5.41, 5.74) is -0.598. The minimum atomic E-state index is -0.701. The lowest BCUT2D eigenvalue weighted by Gasteiger charge is -2.30. The monoisotopic (exact) mass is 280 g/mol. The van der Waals surface area contributed by atoms with E-state index in [-0.39, 0.29) is 12.3 Å². The molecule has 0 aliphatic carbocycles. The van der Waals surface area contributed by atoms with Gasteiger partial charge < -0.3 is 15.0 Å². The number of alkyl carbamates (subject to hydrolysis) is 1. The van der Waals surface area contributed by atoms with Crippen LogP contribution < -0.4 is 5.32 Å². The van der Waals surface area contributed by atoms with Crippen molar-refractivity contribution in [3.63, 3.8) is 0 Å². The third-order valence-corrected chi connectivity index (χ3v) is 2.98. The molecule has 5 nitrogen and oxygen atoms in total. The van der Waals surface area contributed by atoms with Crippen LogP contribution in [-0.4, -0.2) is 41.6 Å². The van der Waals surface area contributed by atoms with Crippen molar-refractivity contribution in [1.29, 1.82) is 0 Å². The molecular weight excluding hydrogens is 256 g/mol. The van der Waals surface area contributed by atoms with Gasteiger partial charge in [-0.3, -0.25) is 4.79 Å². The van der Waals surface area contributed by atoms with Gasteiger partial charge in [0, 0.05) is 19.5 Å². The van der Waals surface area contributed by atoms with Gasteiger partial charge in [-0.15, -0.1) is 12.3 Å². The van der Waals surface area contributed by atoms with E-state index in [1.807, 2.05) is 0 Å². The summed E-state index contributed by atoms with van der Waals surface area (Å²) in [7, 11) is 0. The van der Waals surface area contributed by atoms with Crippen LogP contribution in [-0.2, 0) is 9.53 Å². The first-order valence-electron chi connectivity index (χ1n) is 7.05. The molecule has 20 heavy (non-hydrogen) atoms. The molecule has 1 atom stereocenters. The maximum atomic E-state index is 12.3. The number of terminal acetylenes is 1. The highest BCUT2D eigenvalue weighted by molar-refractivity contribution is 5.86. The summed E-state index contributed by atoms with van der Waals surface area (Å²) in [5, 5.41) is 2.58. The highest BCUT2D eigenvalue weighted by Gasteiger charge is 2.28. The standard InChI is InChI=1S/C15H24N2O3/c1-5-9-12(16-14(19)20-15(2,3)4)13(18)17-10-7-6-8-11-17/h1,12H,6-11H2,2-4H3,(H,16,19)/t12-/m0/s1. The van der Waals surface area contributed by atoms with Gasteiger partial charge in [-0.1, -0.05) is 0 Å². The molecular formula is C15H24N2O3. The fourth-order valence-electron chi connectivity index (χ4n) is 2.10. The quantitative estimate of drug-likeness (QED) is 0.803. The Bertz CT molecular complexity index is 387. The van der Waals surface area contributed by atoms with Crippen molar-refractivity contribution >= 4 is 12.0 Å². The van der Waals surface area contributed by atoms with Gasteiger partial charge in [-0.2, -0.15) is 0 Å². The zero-order chi connectivity index (χ0) is 15.2. The van der Waals surface area contributed by atoms with Crippen molar-refractivity contribution in [2.24, 2.45) is 0 Å². The number of rotatable bonds is 3. The predicted molar refractivity (Wildman–Crippen MR) is 77.0 cm³/mol. The van der Waals surface area contributed by atoms with Crippen molar-refractivity contribution in [3.05, 3.63) is 0 Å². The number of carbonyl (C=O) groups is 2. The Balaban J connectivity index is 2.61. The summed E-state index contributed by atoms with van der Waals surface area (Å²) >= 11 is 0. The second kappa shape index (κ2) is 7.18. The van der Waals surface area contributed by atoms with E-state index in [9.17, 15) is 9.59 Å². The third kappa shape index (κ3) is 5.52. The number of hydrogen-bond donors (Lipinski definition) is 1. The molecule has 1 aliphatic rings. The molecule has 1 heterocycles. The first-order valence-corrected chi connectivity index (χ1v) is 7.05. The van der Waals surface area contributed by atoms with Gasteiger partial charge >= 0.3 is 6.09 Å². The molecule has 0 aromatic rings. The molecule has 112 valence electrons. The number of carbonyl (C=O) groups excluding carboxylic acids is 2. The summed E-state index contributed by atoms with van der Waals surface area (Å²) in [6.45, 7) is 6.78. The first-order chi connectivity index (χ1) is 9.33. The van der Waals surface area contributed by atoms with Crippen LogP contribution in [0.25, 0.3) is 0 Å². The number of ether oxygens (including phenoxy) is 1. The van der Waals surface area contributed by atoms with Gasteiger partial charge in [0.2, 0.25) is 5.91 Å². The summed E-state index contributed by atoms with van der Waals surface area (Å²) in [6, 6.07) is -0.701. The molecule has 2 amide bonds. The second-order valence-electron chi connectivity index (χ2n) is 5.99. The number of hydrogen-bond acceptors (Lipinski definition) is 3. The van der Waals surface area contributed by atoms with Crippen molar-refractivity contribution in [2.45, 2.75) is 58.1 Å². The fourth-order valence-corrected chi connectivity index (χ4v) is 2.10. The van der Waals surface area contributed by atoms with E-state index in [4.69, 9.17) is 11.2 Å². The van der Waals surface area contributed by atoms with Crippen LogP contribution in [0.4, 0.5) is 4.79 Å². The molecule has 1 aliphatic heterocycles. The van der Waals surface area contributed by atoms with Crippen molar-refractivity contribution in [1.82, 2.24) is 10.2 Å². The Morgan fingerprint density at radius 3 is 2.40 bits per heavy atom. The molecule has 0 bridgehead atoms. The molecule has 1 rings (SSSR count). The smallest absolute Gasteiger partial charge is 0.408 e. The summed E-state index contributed by atoms with van der Waals surface area (Å²) in [4.78, 5) is 25.9. The van der Waals surface area contributed by atoms with Gasteiger partial charge in [-0.25, -0.2) is 4.79 Å². The van der Waals surface area contributed by atoms with E-state index in [0.717, 1.165) is 32.4 Å². The Kier molecular flexibility index (Phi) is 5.87. The van der Waals surface area contributed by atoms with E-state index < -0.39 is 17.7 Å². The number of nitrogens with zero attached hydrogens (tertiary/aromatic N) is 1. The number of amides is 2. The molecule has 1 N–H and O–H groups in total. The third-order valence-electron chi connectivity index (χ3n) is 2.98. The van der Waals surface area contributed by atoms with Crippen LogP contribution in [0, 0.1) is 12.3 Å². The van der Waals surface area contributed by atoms with Crippen LogP contribution in [0.1, 0.15) is 46.5 Å². The minimum absolute atomic E-state index is 0.117. The molecule has 1 saturated heterocycles. The van der Waals surface area contributed by atoms with Crippen molar-refractivity contribution in [3.8, 4) is 12.3 Å². The highest BCUT2D eigenvalue weighted by Crippen LogP contribution is 2.12. The van der Waals surface area contributed by atoms with Crippen molar-refractivity contribution in [2.75, 3.05) is 13.1 Å². The molecule has 0 aromatic carbocycles. The molecule has 1 fully saturated rings. The minimum Gasteiger partial charge on any atom is -0.444 e. The van der Waals surface area contributed by atoms with Gasteiger partial charge in [0.15, 0.2) is 0 Å². The van der Waals surface area contributed by atoms with Gasteiger partial charge in [0.1, 0.15) is 11.6 Å². The lowest BCUT2D eigenvalue weighted by molar-refractivity contribution is -0.134. The zero-order valence-corrected chi connectivity index (χ0v) is 12.6. The van der Waals surface area contributed by atoms with Crippen LogP contribution in [0.15, 0.2) is 0 Å². The highest BCUT2D eigenvalue weighted by atomic mass is 16.6. The number of nitrogens with one attached hydrogen (secondary N) is 1. The number of piperidine rings is 1. The molecule has 0 unspecified atom stereocenters. The van der Waals surface area contributed by atoms with Crippen LogP contribution in [0.2, 0.25) is 0 Å². The maximum Gasteiger partial charge on any atom is 0.408 e. The lowest BCUT2D eigenvalue weighted by atomic mass is 10.1.